The molecule has 0 amide bonds. The monoisotopic (exact) mass is 386 g/mol. The summed E-state index contributed by atoms with van der Waals surface area (Å²) in [6.45, 7) is 0. The van der Waals surface area contributed by atoms with E-state index in [0.717, 1.165) is 0 Å². The van der Waals surface area contributed by atoms with Crippen molar-refractivity contribution < 1.29 is 166 Å². The molecule has 8 nitrogen and oxygen atoms in total. The van der Waals surface area contributed by atoms with E-state index in [9.17, 15) is 0 Å². The molecule has 0 heterocycles. The van der Waals surface area contributed by atoms with Crippen molar-refractivity contribution in [2.45, 2.75) is 0 Å². The molecule has 0 aliphatic rings. The summed E-state index contributed by atoms with van der Waals surface area (Å²) in [4.78, 5) is 0. The fourth-order valence-corrected chi connectivity index (χ4v) is 0. The summed E-state index contributed by atoms with van der Waals surface area (Å²) in [7, 11) is 0. The molecule has 0 radical (unpaired) electrons. The molecule has 0 saturated heterocycles. The van der Waals surface area contributed by atoms with Crippen LogP contribution < -0.4 is 141 Å². The first-order chi connectivity index (χ1) is 4.00. The Hall–Kier alpha value is 3.90. The molecule has 12 heteroatoms. The molecular weight excluding hydrogens is 385 g/mol. The van der Waals surface area contributed by atoms with Crippen LogP contribution in [-0.4, -0.2) is 3.44 Å². The quantitative estimate of drug-likeness (QED) is 0.316. The summed E-state index contributed by atoms with van der Waals surface area (Å²) >= 11 is -11.4. The van der Waals surface area contributed by atoms with E-state index in [4.69, 9.17) is 29.7 Å². The third-order valence-electron chi connectivity index (χ3n) is 0. The maximum absolute atomic E-state index is 8.73. The Kier molecular flexibility index (Phi) is 23.6. The fraction of sp³-hybridized carbons (Fsp3) is 0. The third kappa shape index (κ3) is 152. The molecule has 1 N–H and O–H groups in total. The van der Waals surface area contributed by atoms with Crippen molar-refractivity contribution >= 4 is 0 Å². The Bertz CT molecular complexity index is 152. The molecule has 0 rings (SSSR count). The van der Waals surface area contributed by atoms with Crippen LogP contribution in [0.25, 0.3) is 0 Å². The Morgan fingerprint density at radius 2 is 1.00 bits per heavy atom. The topological polar surface area (TPSA) is 170 Å². The molecule has 0 aliphatic heterocycles. The summed E-state index contributed by atoms with van der Waals surface area (Å²) in [6, 6.07) is 0. The second-order valence-electron chi connectivity index (χ2n) is 0.804. The Morgan fingerprint density at radius 3 is 1.00 bits per heavy atom. The van der Waals surface area contributed by atoms with Crippen LogP contribution in [0.3, 0.4) is 0 Å². The molecule has 0 spiro atoms. The molecule has 0 aliphatic carbocycles. The van der Waals surface area contributed by atoms with Gasteiger partial charge >= 0.3 is 152 Å². The zero-order valence-electron chi connectivity index (χ0n) is 6.09. The van der Waals surface area contributed by atoms with Gasteiger partial charge in [-0.25, -0.2) is 0 Å². The Labute approximate surface area is 161 Å². The average molecular weight is 386 g/mol. The van der Waals surface area contributed by atoms with Gasteiger partial charge in [0.2, 0.25) is 0 Å². The van der Waals surface area contributed by atoms with Crippen molar-refractivity contribution in [1.29, 1.82) is 0 Å². The molecule has 64 valence electrons. The van der Waals surface area contributed by atoms with E-state index in [2.05, 4.69) is 0 Å². The zero-order valence-corrected chi connectivity index (χ0v) is 15.8. The van der Waals surface area contributed by atoms with Gasteiger partial charge in [0, 0.05) is 3.44 Å². The number of rotatable bonds is 0. The number of halogens is 1. The average Bonchev–Trinajstić information content (AvgIpc) is 1.12. The van der Waals surface area contributed by atoms with Crippen LogP contribution in [0.5, 0.6) is 0 Å². The summed E-state index contributed by atoms with van der Waals surface area (Å²) in [6.07, 6.45) is 0. The molecule has 12 heavy (non-hydrogen) atoms. The first-order valence-corrected chi connectivity index (χ1v) is 6.99. The second-order valence-corrected chi connectivity index (χ2v) is 4.34. The molecule has 0 aromatic rings. The predicted molar refractivity (Wildman–Crippen MR) is 3.59 cm³/mol. The molecule has 0 aromatic heterocycles. The Balaban J connectivity index is -0.0000000457. The summed E-state index contributed by atoms with van der Waals surface area (Å²) < 4.78 is 67.6. The van der Waals surface area contributed by atoms with Crippen LogP contribution in [0.4, 0.5) is 0 Å². The zero-order chi connectivity index (χ0) is 9.00. The maximum atomic E-state index is 8.73. The van der Waals surface area contributed by atoms with Crippen molar-refractivity contribution in [3.05, 3.63) is 0 Å². The third-order valence-corrected chi connectivity index (χ3v) is 0. The molecule has 0 bridgehead atoms. The first-order valence-electron chi connectivity index (χ1n) is 1.30. The summed E-state index contributed by atoms with van der Waals surface area (Å²) in [5.74, 6) is 0. The van der Waals surface area contributed by atoms with E-state index in [1.54, 1.807) is 0 Å². The molecule has 0 fully saturated rings. The minimum atomic E-state index is -5.75. The normalized spacial score (nSPS) is 9.83. The number of hydrogen-bond donors (Lipinski definition) is 1. The van der Waals surface area contributed by atoms with Gasteiger partial charge in [0.15, 0.2) is 0 Å². The van der Waals surface area contributed by atoms with E-state index in [1.807, 2.05) is 0 Å². The first kappa shape index (κ1) is 24.9. The van der Waals surface area contributed by atoms with Crippen LogP contribution in [0.1, 0.15) is 0 Å². The van der Waals surface area contributed by atoms with Gasteiger partial charge in [0.1, 0.15) is 0 Å². The van der Waals surface area contributed by atoms with Crippen molar-refractivity contribution in [3.8, 4) is 0 Å². The minimum absolute atomic E-state index is 0. The van der Waals surface area contributed by atoms with Crippen LogP contribution in [0.15, 0.2) is 0 Å². The van der Waals surface area contributed by atoms with Gasteiger partial charge in [0.25, 0.3) is 0 Å². The molecule has 0 unspecified atom stereocenters. The Morgan fingerprint density at radius 1 is 1.00 bits per heavy atom. The molecular formula is HCrIK2O8. The number of hydrogen-bond acceptors (Lipinski definition) is 8. The van der Waals surface area contributed by atoms with Gasteiger partial charge in [-0.15, -0.1) is 0 Å². The van der Waals surface area contributed by atoms with E-state index in [0.29, 0.717) is 0 Å². The van der Waals surface area contributed by atoms with Crippen LogP contribution in [0, 0.1) is 0 Å². The van der Waals surface area contributed by atoms with Crippen molar-refractivity contribution in [3.63, 3.8) is 0 Å². The summed E-state index contributed by atoms with van der Waals surface area (Å²) in [5.41, 5.74) is 0. The van der Waals surface area contributed by atoms with E-state index in [-0.39, 0.29) is 103 Å². The van der Waals surface area contributed by atoms with Crippen molar-refractivity contribution in [2.75, 3.05) is 0 Å². The van der Waals surface area contributed by atoms with Crippen molar-refractivity contribution in [2.24, 2.45) is 0 Å². The van der Waals surface area contributed by atoms with Crippen LogP contribution in [-0.2, 0) is 21.2 Å². The van der Waals surface area contributed by atoms with Gasteiger partial charge in [-0.2, -0.15) is 0 Å². The van der Waals surface area contributed by atoms with Crippen molar-refractivity contribution in [1.82, 2.24) is 0 Å². The van der Waals surface area contributed by atoms with E-state index >= 15 is 0 Å². The standard InChI is InChI=1S/Cr.HIO4.2K.4O/c;2-1(3,4)5;;;;;;/h;2H;;;;;;/q;;2*+1;;;2*-1. The molecule has 0 saturated carbocycles. The summed E-state index contributed by atoms with van der Waals surface area (Å²) in [5, 5.41) is 0. The van der Waals surface area contributed by atoms with Crippen LogP contribution in [0.2, 0.25) is 0 Å². The molecule has 0 atom stereocenters. The second kappa shape index (κ2) is 11.4. The van der Waals surface area contributed by atoms with Gasteiger partial charge in [0.05, 0.1) is 0 Å². The fourth-order valence-electron chi connectivity index (χ4n) is 0. The van der Waals surface area contributed by atoms with Crippen LogP contribution >= 0.6 is 0 Å². The predicted octanol–water partition coefficient (Wildman–Crippen LogP) is -15.7. The van der Waals surface area contributed by atoms with Gasteiger partial charge in [-0.05, 0) is 0 Å². The van der Waals surface area contributed by atoms with Gasteiger partial charge < -0.3 is 0 Å². The molecule has 0 aromatic carbocycles. The van der Waals surface area contributed by atoms with Gasteiger partial charge in [-0.3, -0.25) is 10.3 Å². The van der Waals surface area contributed by atoms with Gasteiger partial charge in [-0.1, -0.05) is 0 Å². The van der Waals surface area contributed by atoms with E-state index in [1.165, 1.54) is 0 Å². The van der Waals surface area contributed by atoms with E-state index < -0.39 is 33.7 Å². The SMILES string of the molecule is [K+].[K+].[O-][I+3]([O-])([O-])O.[O]=[Cr](=[O])([O-])[O-].